The van der Waals surface area contributed by atoms with Crippen molar-refractivity contribution in [1.29, 1.82) is 0 Å². The standard InChI is InChI=1S/C20H25N3O4/c1-11-4-14(2-3-17(11)23(26)27)20(25)21-10-18(24)22-19-15-6-12-5-13(8-15)9-16(19)7-12/h2-4,12-13,15-16,19H,5-10H2,1H3,(H,21,25)(H,22,24). The fraction of sp³-hybridized carbons (Fsp3) is 0.600. The molecule has 7 nitrogen and oxygen atoms in total. The Labute approximate surface area is 158 Å². The molecule has 4 saturated carbocycles. The maximum atomic E-state index is 12.4. The SMILES string of the molecule is Cc1cc(C(=O)NCC(=O)NC2C3CC4CC(C3)CC2C4)ccc1[N+](=O)[O-]. The summed E-state index contributed by atoms with van der Waals surface area (Å²) >= 11 is 0. The molecule has 2 N–H and O–H groups in total. The van der Waals surface area contributed by atoms with Gasteiger partial charge in [-0.1, -0.05) is 0 Å². The van der Waals surface area contributed by atoms with E-state index in [9.17, 15) is 19.7 Å². The Balaban J connectivity index is 1.31. The van der Waals surface area contributed by atoms with Gasteiger partial charge in [-0.05, 0) is 74.8 Å². The summed E-state index contributed by atoms with van der Waals surface area (Å²) in [7, 11) is 0. The summed E-state index contributed by atoms with van der Waals surface area (Å²) in [6.45, 7) is 1.52. The van der Waals surface area contributed by atoms with Crippen LogP contribution in [0, 0.1) is 40.7 Å². The number of nitro benzene ring substituents is 1. The van der Waals surface area contributed by atoms with E-state index in [0.717, 1.165) is 11.8 Å². The average Bonchev–Trinajstić information content (AvgIpc) is 2.61. The number of carbonyl (C=O) groups is 2. The molecule has 0 aliphatic heterocycles. The van der Waals surface area contributed by atoms with E-state index in [4.69, 9.17) is 0 Å². The lowest BCUT2D eigenvalue weighted by Crippen LogP contribution is -2.57. The van der Waals surface area contributed by atoms with E-state index in [-0.39, 0.29) is 24.2 Å². The second kappa shape index (κ2) is 6.94. The van der Waals surface area contributed by atoms with Crippen LogP contribution in [0.2, 0.25) is 0 Å². The van der Waals surface area contributed by atoms with Crippen LogP contribution >= 0.6 is 0 Å². The van der Waals surface area contributed by atoms with E-state index in [0.29, 0.717) is 23.0 Å². The fourth-order valence-corrected chi connectivity index (χ4v) is 5.66. The molecule has 4 aliphatic carbocycles. The van der Waals surface area contributed by atoms with E-state index in [2.05, 4.69) is 10.6 Å². The number of amides is 2. The molecule has 0 radical (unpaired) electrons. The maximum absolute atomic E-state index is 12.4. The summed E-state index contributed by atoms with van der Waals surface area (Å²) in [6.07, 6.45) is 6.29. The highest BCUT2D eigenvalue weighted by atomic mass is 16.6. The molecule has 0 saturated heterocycles. The van der Waals surface area contributed by atoms with Crippen LogP contribution in [0.5, 0.6) is 0 Å². The van der Waals surface area contributed by atoms with Crippen LogP contribution in [0.15, 0.2) is 18.2 Å². The van der Waals surface area contributed by atoms with Crippen molar-refractivity contribution in [1.82, 2.24) is 10.6 Å². The molecule has 144 valence electrons. The minimum Gasteiger partial charge on any atom is -0.351 e. The molecule has 1 aromatic carbocycles. The summed E-state index contributed by atoms with van der Waals surface area (Å²) in [6, 6.07) is 4.46. The monoisotopic (exact) mass is 371 g/mol. The molecule has 7 heteroatoms. The number of benzene rings is 1. The van der Waals surface area contributed by atoms with E-state index >= 15 is 0 Å². The van der Waals surface area contributed by atoms with E-state index in [1.165, 1.54) is 50.3 Å². The number of hydrogen-bond acceptors (Lipinski definition) is 4. The Morgan fingerprint density at radius 3 is 2.30 bits per heavy atom. The van der Waals surface area contributed by atoms with Gasteiger partial charge < -0.3 is 10.6 Å². The predicted molar refractivity (Wildman–Crippen MR) is 99.1 cm³/mol. The number of rotatable bonds is 5. The normalized spacial score (nSPS) is 30.8. The largest absolute Gasteiger partial charge is 0.351 e. The van der Waals surface area contributed by atoms with Crippen LogP contribution in [-0.4, -0.2) is 29.3 Å². The van der Waals surface area contributed by atoms with Crippen molar-refractivity contribution in [2.45, 2.75) is 45.1 Å². The van der Waals surface area contributed by atoms with Gasteiger partial charge in [0, 0.05) is 23.2 Å². The molecule has 0 atom stereocenters. The highest BCUT2D eigenvalue weighted by molar-refractivity contribution is 5.96. The van der Waals surface area contributed by atoms with Crippen LogP contribution in [0.3, 0.4) is 0 Å². The van der Waals surface area contributed by atoms with Gasteiger partial charge >= 0.3 is 0 Å². The van der Waals surface area contributed by atoms with Crippen LogP contribution in [-0.2, 0) is 4.79 Å². The lowest BCUT2D eigenvalue weighted by molar-refractivity contribution is -0.385. The topological polar surface area (TPSA) is 101 Å². The molecule has 4 aliphatic rings. The van der Waals surface area contributed by atoms with Gasteiger partial charge in [0.2, 0.25) is 5.91 Å². The van der Waals surface area contributed by atoms with Gasteiger partial charge in [-0.3, -0.25) is 19.7 Å². The Morgan fingerprint density at radius 2 is 1.74 bits per heavy atom. The first kappa shape index (κ1) is 17.9. The summed E-state index contributed by atoms with van der Waals surface area (Å²) in [5.74, 6) is 2.35. The van der Waals surface area contributed by atoms with E-state index in [1.54, 1.807) is 6.92 Å². The third kappa shape index (κ3) is 3.55. The second-order valence-electron chi connectivity index (χ2n) is 8.47. The van der Waals surface area contributed by atoms with Crippen LogP contribution < -0.4 is 10.6 Å². The highest BCUT2D eigenvalue weighted by Gasteiger charge is 2.48. The first-order valence-electron chi connectivity index (χ1n) is 9.73. The zero-order valence-corrected chi connectivity index (χ0v) is 15.4. The first-order chi connectivity index (χ1) is 12.9. The van der Waals surface area contributed by atoms with Crippen molar-refractivity contribution in [3.63, 3.8) is 0 Å². The van der Waals surface area contributed by atoms with Crippen LogP contribution in [0.1, 0.15) is 48.0 Å². The molecular weight excluding hydrogens is 346 g/mol. The molecule has 27 heavy (non-hydrogen) atoms. The van der Waals surface area contributed by atoms with Crippen molar-refractivity contribution in [2.75, 3.05) is 6.54 Å². The van der Waals surface area contributed by atoms with Crippen molar-refractivity contribution >= 4 is 17.5 Å². The zero-order chi connectivity index (χ0) is 19.1. The number of hydrogen-bond donors (Lipinski definition) is 2. The Morgan fingerprint density at radius 1 is 1.11 bits per heavy atom. The first-order valence-corrected chi connectivity index (χ1v) is 9.73. The minimum atomic E-state index is -0.477. The fourth-order valence-electron chi connectivity index (χ4n) is 5.66. The van der Waals surface area contributed by atoms with Crippen molar-refractivity contribution in [3.05, 3.63) is 39.4 Å². The molecule has 0 unspecified atom stereocenters. The van der Waals surface area contributed by atoms with Crippen LogP contribution in [0.4, 0.5) is 5.69 Å². The lowest BCUT2D eigenvalue weighted by Gasteiger charge is -2.54. The Bertz CT molecular complexity index is 763. The highest BCUT2D eigenvalue weighted by Crippen LogP contribution is 2.53. The van der Waals surface area contributed by atoms with Crippen molar-refractivity contribution in [3.8, 4) is 0 Å². The molecule has 0 heterocycles. The maximum Gasteiger partial charge on any atom is 0.272 e. The molecule has 0 spiro atoms. The van der Waals surface area contributed by atoms with Gasteiger partial charge in [0.25, 0.3) is 11.6 Å². The zero-order valence-electron chi connectivity index (χ0n) is 15.4. The molecule has 4 fully saturated rings. The number of nitrogens with zero attached hydrogens (tertiary/aromatic N) is 1. The van der Waals surface area contributed by atoms with Gasteiger partial charge in [0.05, 0.1) is 11.5 Å². The second-order valence-corrected chi connectivity index (χ2v) is 8.47. The van der Waals surface area contributed by atoms with Gasteiger partial charge in [0.1, 0.15) is 0 Å². The average molecular weight is 371 g/mol. The van der Waals surface area contributed by atoms with Crippen molar-refractivity contribution in [2.24, 2.45) is 23.7 Å². The third-order valence-corrected chi connectivity index (χ3v) is 6.62. The third-order valence-electron chi connectivity index (χ3n) is 6.62. The molecule has 0 aromatic heterocycles. The Hall–Kier alpha value is -2.44. The summed E-state index contributed by atoms with van der Waals surface area (Å²) in [5, 5.41) is 16.7. The van der Waals surface area contributed by atoms with Gasteiger partial charge in [-0.25, -0.2) is 0 Å². The molecule has 5 rings (SSSR count). The van der Waals surface area contributed by atoms with Gasteiger partial charge in [0.15, 0.2) is 0 Å². The molecule has 1 aromatic rings. The summed E-state index contributed by atoms with van der Waals surface area (Å²) < 4.78 is 0. The number of nitro groups is 1. The molecule has 2 amide bonds. The van der Waals surface area contributed by atoms with Gasteiger partial charge in [-0.15, -0.1) is 0 Å². The quantitative estimate of drug-likeness (QED) is 0.613. The summed E-state index contributed by atoms with van der Waals surface area (Å²) in [5.41, 5.74) is 0.720. The number of aryl methyl sites for hydroxylation is 1. The van der Waals surface area contributed by atoms with E-state index < -0.39 is 10.8 Å². The summed E-state index contributed by atoms with van der Waals surface area (Å²) in [4.78, 5) is 35.0. The number of nitrogens with one attached hydrogen (secondary N) is 2. The number of carbonyl (C=O) groups excluding carboxylic acids is 2. The Kier molecular flexibility index (Phi) is 4.61. The smallest absolute Gasteiger partial charge is 0.272 e. The van der Waals surface area contributed by atoms with E-state index in [1.807, 2.05) is 0 Å². The molecule has 4 bridgehead atoms. The molecular formula is C20H25N3O4. The minimum absolute atomic E-state index is 0.0221. The van der Waals surface area contributed by atoms with Crippen molar-refractivity contribution < 1.29 is 14.5 Å². The predicted octanol–water partition coefficient (Wildman–Crippen LogP) is 2.57. The lowest BCUT2D eigenvalue weighted by atomic mass is 9.54. The van der Waals surface area contributed by atoms with Gasteiger partial charge in [-0.2, -0.15) is 0 Å². The van der Waals surface area contributed by atoms with Crippen LogP contribution in [0.25, 0.3) is 0 Å².